The van der Waals surface area contributed by atoms with Gasteiger partial charge in [-0.2, -0.15) is 0 Å². The standard InChI is InChI=1S/C21H39NO5/c1-5-6-7-8-9-10-11-12-13-14-18(23)15-21(26)27-19(16-20(24)25)17-22(2,3)4/h12-13,18-19,23H,5-11,14-17H2,1-4H3/b13-12-. The third kappa shape index (κ3) is 17.8. The fourth-order valence-corrected chi connectivity index (χ4v) is 2.86. The molecule has 1 N–H and O–H groups in total. The Hall–Kier alpha value is -1.40. The van der Waals surface area contributed by atoms with E-state index >= 15 is 0 Å². The largest absolute Gasteiger partial charge is 0.550 e. The topological polar surface area (TPSA) is 86.7 Å². The summed E-state index contributed by atoms with van der Waals surface area (Å²) in [6.45, 7) is 2.57. The van der Waals surface area contributed by atoms with Gasteiger partial charge >= 0.3 is 5.97 Å². The molecule has 0 aliphatic rings. The minimum atomic E-state index is -1.25. The summed E-state index contributed by atoms with van der Waals surface area (Å²) >= 11 is 0. The molecule has 2 atom stereocenters. The van der Waals surface area contributed by atoms with Crippen molar-refractivity contribution in [3.63, 3.8) is 0 Å². The number of allylic oxidation sites excluding steroid dienone is 1. The number of unbranched alkanes of at least 4 members (excludes halogenated alkanes) is 6. The zero-order chi connectivity index (χ0) is 20.7. The molecule has 2 unspecified atom stereocenters. The van der Waals surface area contributed by atoms with Crippen molar-refractivity contribution in [2.24, 2.45) is 0 Å². The number of rotatable bonds is 16. The minimum Gasteiger partial charge on any atom is -0.550 e. The normalized spacial score (nSPS) is 14.3. The van der Waals surface area contributed by atoms with Gasteiger partial charge in [0.25, 0.3) is 0 Å². The van der Waals surface area contributed by atoms with E-state index in [2.05, 4.69) is 6.92 Å². The van der Waals surface area contributed by atoms with Crippen LogP contribution in [-0.4, -0.2) is 61.4 Å². The fraction of sp³-hybridized carbons (Fsp3) is 0.810. The lowest BCUT2D eigenvalue weighted by molar-refractivity contribution is -0.873. The van der Waals surface area contributed by atoms with Crippen LogP contribution in [0.15, 0.2) is 12.2 Å². The molecule has 6 nitrogen and oxygen atoms in total. The van der Waals surface area contributed by atoms with Crippen molar-refractivity contribution in [2.75, 3.05) is 27.7 Å². The number of aliphatic carboxylic acids is 1. The average Bonchev–Trinajstić information content (AvgIpc) is 2.50. The highest BCUT2D eigenvalue weighted by Gasteiger charge is 2.23. The highest BCUT2D eigenvalue weighted by Crippen LogP contribution is 2.10. The van der Waals surface area contributed by atoms with E-state index in [4.69, 9.17) is 4.74 Å². The third-order valence-electron chi connectivity index (χ3n) is 4.15. The van der Waals surface area contributed by atoms with Gasteiger partial charge in [0.05, 0.1) is 33.7 Å². The van der Waals surface area contributed by atoms with E-state index in [0.29, 0.717) is 17.4 Å². The number of ether oxygens (including phenoxy) is 1. The first-order chi connectivity index (χ1) is 12.6. The molecule has 0 aliphatic heterocycles. The summed E-state index contributed by atoms with van der Waals surface area (Å²) in [4.78, 5) is 22.8. The van der Waals surface area contributed by atoms with Crippen LogP contribution >= 0.6 is 0 Å². The lowest BCUT2D eigenvalue weighted by Gasteiger charge is -2.29. The van der Waals surface area contributed by atoms with E-state index in [-0.39, 0.29) is 12.8 Å². The van der Waals surface area contributed by atoms with E-state index in [1.165, 1.54) is 32.1 Å². The van der Waals surface area contributed by atoms with Gasteiger partial charge < -0.3 is 24.2 Å². The number of hydrogen-bond acceptors (Lipinski definition) is 5. The molecule has 0 spiro atoms. The molecule has 0 aliphatic carbocycles. The van der Waals surface area contributed by atoms with Crippen LogP contribution in [0.25, 0.3) is 0 Å². The Morgan fingerprint density at radius 1 is 1.04 bits per heavy atom. The van der Waals surface area contributed by atoms with E-state index < -0.39 is 24.1 Å². The number of carboxylic acid groups (broad SMARTS) is 1. The zero-order valence-corrected chi connectivity index (χ0v) is 17.6. The van der Waals surface area contributed by atoms with E-state index in [1.807, 2.05) is 33.3 Å². The number of carbonyl (C=O) groups is 2. The molecule has 0 radical (unpaired) electrons. The first-order valence-electron chi connectivity index (χ1n) is 10.2. The number of hydrogen-bond donors (Lipinski definition) is 1. The van der Waals surface area contributed by atoms with Gasteiger partial charge in [-0.05, 0) is 19.3 Å². The summed E-state index contributed by atoms with van der Waals surface area (Å²) in [6, 6.07) is 0. The lowest BCUT2D eigenvalue weighted by atomic mass is 10.1. The van der Waals surface area contributed by atoms with Crippen molar-refractivity contribution in [1.82, 2.24) is 0 Å². The number of carbonyl (C=O) groups excluding carboxylic acids is 2. The van der Waals surface area contributed by atoms with Crippen LogP contribution in [0.5, 0.6) is 0 Å². The third-order valence-corrected chi connectivity index (χ3v) is 4.15. The molecule has 27 heavy (non-hydrogen) atoms. The Kier molecular flexibility index (Phi) is 13.9. The molecule has 0 rings (SSSR count). The number of aliphatic hydroxyl groups is 1. The van der Waals surface area contributed by atoms with Crippen molar-refractivity contribution in [2.45, 2.75) is 83.3 Å². The Morgan fingerprint density at radius 3 is 2.26 bits per heavy atom. The van der Waals surface area contributed by atoms with Crippen molar-refractivity contribution in [3.8, 4) is 0 Å². The molecule has 0 saturated heterocycles. The highest BCUT2D eigenvalue weighted by atomic mass is 16.5. The SMILES string of the molecule is CCCCCCCC/C=C\CC(O)CC(=O)OC(CC(=O)[O-])C[N+](C)(C)C. The summed E-state index contributed by atoms with van der Waals surface area (Å²) in [5.74, 6) is -1.83. The van der Waals surface area contributed by atoms with Gasteiger partial charge in [0.15, 0.2) is 6.10 Å². The van der Waals surface area contributed by atoms with Crippen molar-refractivity contribution >= 4 is 11.9 Å². The molecule has 0 amide bonds. The number of quaternary nitrogens is 1. The van der Waals surface area contributed by atoms with Crippen LogP contribution in [0.2, 0.25) is 0 Å². The van der Waals surface area contributed by atoms with Crippen LogP contribution in [0, 0.1) is 0 Å². The predicted octanol–water partition coefficient (Wildman–Crippen LogP) is 2.19. The number of likely N-dealkylation sites (N-methyl/N-ethyl adjacent to an activating group) is 1. The maximum Gasteiger partial charge on any atom is 0.308 e. The van der Waals surface area contributed by atoms with Crippen LogP contribution in [0.1, 0.15) is 71.1 Å². The number of aliphatic hydroxyl groups excluding tert-OH is 1. The van der Waals surface area contributed by atoms with Crippen molar-refractivity contribution in [1.29, 1.82) is 0 Å². The maximum atomic E-state index is 12.0. The van der Waals surface area contributed by atoms with Crippen LogP contribution in [0.3, 0.4) is 0 Å². The first kappa shape index (κ1) is 25.6. The average molecular weight is 386 g/mol. The van der Waals surface area contributed by atoms with E-state index in [0.717, 1.165) is 12.8 Å². The van der Waals surface area contributed by atoms with Crippen molar-refractivity contribution < 1.29 is 29.0 Å². The molecular weight excluding hydrogens is 346 g/mol. The fourth-order valence-electron chi connectivity index (χ4n) is 2.86. The Bertz CT molecular complexity index is 442. The molecule has 0 aromatic carbocycles. The van der Waals surface area contributed by atoms with Gasteiger partial charge in [0.1, 0.15) is 6.54 Å². The smallest absolute Gasteiger partial charge is 0.308 e. The lowest BCUT2D eigenvalue weighted by Crippen LogP contribution is -2.45. The van der Waals surface area contributed by atoms with Gasteiger partial charge in [-0.25, -0.2) is 0 Å². The molecule has 0 bridgehead atoms. The molecule has 158 valence electrons. The Balaban J connectivity index is 4.06. The predicted molar refractivity (Wildman–Crippen MR) is 105 cm³/mol. The summed E-state index contributed by atoms with van der Waals surface area (Å²) in [7, 11) is 5.67. The van der Waals surface area contributed by atoms with Gasteiger partial charge in [-0.3, -0.25) is 4.79 Å². The minimum absolute atomic E-state index is 0.137. The maximum absolute atomic E-state index is 12.0. The van der Waals surface area contributed by atoms with Crippen LogP contribution < -0.4 is 5.11 Å². The number of esters is 1. The number of carboxylic acids is 1. The molecule has 0 saturated carbocycles. The second-order valence-electron chi connectivity index (χ2n) is 8.28. The highest BCUT2D eigenvalue weighted by molar-refractivity contribution is 5.71. The summed E-state index contributed by atoms with van der Waals surface area (Å²) in [5, 5.41) is 20.8. The Labute approximate surface area is 164 Å². The molecule has 6 heteroatoms. The Morgan fingerprint density at radius 2 is 1.67 bits per heavy atom. The monoisotopic (exact) mass is 385 g/mol. The van der Waals surface area contributed by atoms with E-state index in [9.17, 15) is 19.8 Å². The van der Waals surface area contributed by atoms with Gasteiger partial charge in [0.2, 0.25) is 0 Å². The summed E-state index contributed by atoms with van der Waals surface area (Å²) in [5.41, 5.74) is 0. The molecule has 0 aromatic rings. The summed E-state index contributed by atoms with van der Waals surface area (Å²) in [6.07, 6.45) is 10.8. The molecule has 0 aromatic heterocycles. The second-order valence-corrected chi connectivity index (χ2v) is 8.28. The van der Waals surface area contributed by atoms with Gasteiger partial charge in [-0.15, -0.1) is 0 Å². The molecule has 0 heterocycles. The van der Waals surface area contributed by atoms with Crippen LogP contribution in [-0.2, 0) is 14.3 Å². The van der Waals surface area contributed by atoms with Crippen LogP contribution in [0.4, 0.5) is 0 Å². The zero-order valence-electron chi connectivity index (χ0n) is 17.6. The van der Waals surface area contributed by atoms with Crippen molar-refractivity contribution in [3.05, 3.63) is 12.2 Å². The summed E-state index contributed by atoms with van der Waals surface area (Å²) < 4.78 is 5.71. The molecular formula is C21H39NO5. The van der Waals surface area contributed by atoms with Gasteiger partial charge in [-0.1, -0.05) is 51.2 Å². The number of nitrogens with zero attached hydrogens (tertiary/aromatic N) is 1. The second kappa shape index (κ2) is 14.6. The van der Waals surface area contributed by atoms with E-state index in [1.54, 1.807) is 0 Å². The quantitative estimate of drug-likeness (QED) is 0.190. The first-order valence-corrected chi connectivity index (χ1v) is 10.2. The van der Waals surface area contributed by atoms with Gasteiger partial charge in [0, 0.05) is 12.4 Å². The molecule has 0 fully saturated rings.